The summed E-state index contributed by atoms with van der Waals surface area (Å²) in [7, 11) is 0. The lowest BCUT2D eigenvalue weighted by atomic mass is 10.2. The zero-order valence-corrected chi connectivity index (χ0v) is 11.5. The molecular formula is C15H10ClN3O2. The Bertz CT molecular complexity index is 800. The van der Waals surface area contributed by atoms with E-state index in [1.165, 1.54) is 6.07 Å². The van der Waals surface area contributed by atoms with E-state index < -0.39 is 5.97 Å². The van der Waals surface area contributed by atoms with E-state index in [4.69, 9.17) is 16.7 Å². The molecule has 0 aliphatic heterocycles. The van der Waals surface area contributed by atoms with Crippen molar-refractivity contribution in [2.24, 2.45) is 0 Å². The van der Waals surface area contributed by atoms with Crippen LogP contribution in [0.2, 0.25) is 5.02 Å². The predicted octanol–water partition coefficient (Wildman–Crippen LogP) is 3.29. The molecule has 0 unspecified atom stereocenters. The third-order valence-corrected chi connectivity index (χ3v) is 3.28. The van der Waals surface area contributed by atoms with Crippen molar-refractivity contribution in [3.8, 4) is 17.1 Å². The number of nitrogens with zero attached hydrogens (tertiary/aromatic N) is 3. The van der Waals surface area contributed by atoms with E-state index in [0.717, 1.165) is 5.56 Å². The van der Waals surface area contributed by atoms with Gasteiger partial charge in [-0.15, -0.1) is 5.10 Å². The second-order valence-electron chi connectivity index (χ2n) is 4.35. The van der Waals surface area contributed by atoms with Crippen molar-refractivity contribution >= 4 is 17.6 Å². The van der Waals surface area contributed by atoms with Crippen LogP contribution in [-0.4, -0.2) is 25.8 Å². The molecule has 0 fully saturated rings. The summed E-state index contributed by atoms with van der Waals surface area (Å²) in [6, 6.07) is 14.2. The summed E-state index contributed by atoms with van der Waals surface area (Å²) >= 11 is 5.96. The van der Waals surface area contributed by atoms with Gasteiger partial charge in [0.05, 0.1) is 16.3 Å². The molecule has 0 radical (unpaired) electrons. The first-order valence-corrected chi connectivity index (χ1v) is 6.53. The monoisotopic (exact) mass is 299 g/mol. The summed E-state index contributed by atoms with van der Waals surface area (Å²) < 4.78 is 1.56. The number of carbonyl (C=O) groups is 1. The molecule has 1 heterocycles. The Hall–Kier alpha value is -2.66. The average molecular weight is 300 g/mol. The molecule has 0 atom stereocenters. The third kappa shape index (κ3) is 2.64. The second-order valence-corrected chi connectivity index (χ2v) is 4.76. The van der Waals surface area contributed by atoms with E-state index in [2.05, 4.69) is 10.1 Å². The zero-order valence-electron chi connectivity index (χ0n) is 10.8. The van der Waals surface area contributed by atoms with E-state index >= 15 is 0 Å². The van der Waals surface area contributed by atoms with E-state index in [1.54, 1.807) is 23.1 Å². The summed E-state index contributed by atoms with van der Waals surface area (Å²) in [6.45, 7) is 0. The van der Waals surface area contributed by atoms with Crippen LogP contribution in [0.3, 0.4) is 0 Å². The van der Waals surface area contributed by atoms with Gasteiger partial charge < -0.3 is 5.11 Å². The lowest BCUT2D eigenvalue weighted by molar-refractivity contribution is 0.0697. The van der Waals surface area contributed by atoms with Gasteiger partial charge in [-0.1, -0.05) is 41.9 Å². The minimum atomic E-state index is -1.06. The van der Waals surface area contributed by atoms with E-state index in [0.29, 0.717) is 11.5 Å². The smallest absolute Gasteiger partial charge is 0.337 e. The van der Waals surface area contributed by atoms with Crippen molar-refractivity contribution in [3.05, 3.63) is 65.4 Å². The fourth-order valence-corrected chi connectivity index (χ4v) is 2.18. The quantitative estimate of drug-likeness (QED) is 0.806. The van der Waals surface area contributed by atoms with E-state index in [9.17, 15) is 4.79 Å². The van der Waals surface area contributed by atoms with Crippen molar-refractivity contribution in [2.75, 3.05) is 0 Å². The SMILES string of the molecule is O=C(O)c1ccc(-n2cnc(-c3ccccc3)n2)cc1Cl. The Balaban J connectivity index is 1.97. The average Bonchev–Trinajstić information content (AvgIpc) is 2.97. The van der Waals surface area contributed by atoms with Gasteiger partial charge in [-0.3, -0.25) is 0 Å². The number of aromatic carboxylic acids is 1. The van der Waals surface area contributed by atoms with Crippen molar-refractivity contribution in [2.45, 2.75) is 0 Å². The Morgan fingerprint density at radius 2 is 1.90 bits per heavy atom. The van der Waals surface area contributed by atoms with Crippen LogP contribution in [0.5, 0.6) is 0 Å². The first-order valence-electron chi connectivity index (χ1n) is 6.15. The van der Waals surface area contributed by atoms with Crippen LogP contribution < -0.4 is 0 Å². The number of rotatable bonds is 3. The Labute approximate surface area is 125 Å². The molecule has 0 aliphatic rings. The van der Waals surface area contributed by atoms with Crippen molar-refractivity contribution in [1.29, 1.82) is 0 Å². The van der Waals surface area contributed by atoms with Gasteiger partial charge in [0.1, 0.15) is 6.33 Å². The molecule has 3 aromatic rings. The Morgan fingerprint density at radius 1 is 1.14 bits per heavy atom. The molecule has 0 saturated heterocycles. The van der Waals surface area contributed by atoms with Crippen LogP contribution in [0.25, 0.3) is 17.1 Å². The summed E-state index contributed by atoms with van der Waals surface area (Å²) in [6.07, 6.45) is 1.56. The van der Waals surface area contributed by atoms with Crippen LogP contribution >= 0.6 is 11.6 Å². The molecule has 21 heavy (non-hydrogen) atoms. The molecular weight excluding hydrogens is 290 g/mol. The lowest BCUT2D eigenvalue weighted by Gasteiger charge is -2.03. The number of carboxylic acids is 1. The molecule has 1 N–H and O–H groups in total. The topological polar surface area (TPSA) is 68.0 Å². The fraction of sp³-hybridized carbons (Fsp3) is 0. The minimum Gasteiger partial charge on any atom is -0.478 e. The highest BCUT2D eigenvalue weighted by Gasteiger charge is 2.11. The van der Waals surface area contributed by atoms with Gasteiger partial charge in [-0.25, -0.2) is 14.5 Å². The van der Waals surface area contributed by atoms with Gasteiger partial charge in [-0.2, -0.15) is 0 Å². The van der Waals surface area contributed by atoms with Gasteiger partial charge in [0.15, 0.2) is 5.82 Å². The van der Waals surface area contributed by atoms with Gasteiger partial charge in [0.2, 0.25) is 0 Å². The highest BCUT2D eigenvalue weighted by atomic mass is 35.5. The first-order chi connectivity index (χ1) is 10.1. The molecule has 0 bridgehead atoms. The third-order valence-electron chi connectivity index (χ3n) is 2.97. The molecule has 5 nitrogen and oxygen atoms in total. The van der Waals surface area contributed by atoms with E-state index in [-0.39, 0.29) is 10.6 Å². The summed E-state index contributed by atoms with van der Waals surface area (Å²) in [5, 5.41) is 13.5. The maximum Gasteiger partial charge on any atom is 0.337 e. The molecule has 6 heteroatoms. The number of hydrogen-bond acceptors (Lipinski definition) is 3. The second kappa shape index (κ2) is 5.38. The van der Waals surface area contributed by atoms with Gasteiger partial charge in [0, 0.05) is 5.56 Å². The minimum absolute atomic E-state index is 0.0591. The Kier molecular flexibility index (Phi) is 3.41. The largest absolute Gasteiger partial charge is 0.478 e. The highest BCUT2D eigenvalue weighted by Crippen LogP contribution is 2.21. The maximum absolute atomic E-state index is 10.9. The van der Waals surface area contributed by atoms with Crippen LogP contribution in [0.4, 0.5) is 0 Å². The predicted molar refractivity (Wildman–Crippen MR) is 78.8 cm³/mol. The normalized spacial score (nSPS) is 10.5. The van der Waals surface area contributed by atoms with Crippen LogP contribution in [-0.2, 0) is 0 Å². The number of benzene rings is 2. The van der Waals surface area contributed by atoms with Gasteiger partial charge in [-0.05, 0) is 18.2 Å². The number of halogens is 1. The Morgan fingerprint density at radius 3 is 2.57 bits per heavy atom. The number of hydrogen-bond donors (Lipinski definition) is 1. The molecule has 0 aliphatic carbocycles. The van der Waals surface area contributed by atoms with Gasteiger partial charge >= 0.3 is 5.97 Å². The molecule has 2 aromatic carbocycles. The summed E-state index contributed by atoms with van der Waals surface area (Å²) in [5.74, 6) is -0.468. The van der Waals surface area contributed by atoms with Crippen molar-refractivity contribution in [3.63, 3.8) is 0 Å². The summed E-state index contributed by atoms with van der Waals surface area (Å²) in [4.78, 5) is 15.2. The number of aromatic nitrogens is 3. The van der Waals surface area contributed by atoms with Crippen LogP contribution in [0.1, 0.15) is 10.4 Å². The van der Waals surface area contributed by atoms with E-state index in [1.807, 2.05) is 30.3 Å². The highest BCUT2D eigenvalue weighted by molar-refractivity contribution is 6.33. The molecule has 0 saturated carbocycles. The lowest BCUT2D eigenvalue weighted by Crippen LogP contribution is -2.00. The van der Waals surface area contributed by atoms with Crippen LogP contribution in [0, 0.1) is 0 Å². The van der Waals surface area contributed by atoms with Crippen molar-refractivity contribution < 1.29 is 9.90 Å². The molecule has 0 amide bonds. The first kappa shape index (κ1) is 13.3. The van der Waals surface area contributed by atoms with Crippen molar-refractivity contribution in [1.82, 2.24) is 14.8 Å². The van der Waals surface area contributed by atoms with Crippen LogP contribution in [0.15, 0.2) is 54.9 Å². The zero-order chi connectivity index (χ0) is 14.8. The number of carboxylic acid groups (broad SMARTS) is 1. The molecule has 1 aromatic heterocycles. The summed E-state index contributed by atoms with van der Waals surface area (Å²) in [5.41, 5.74) is 1.62. The molecule has 104 valence electrons. The standard InChI is InChI=1S/C15H10ClN3O2/c16-13-8-11(6-7-12(13)15(20)21)19-9-17-14(18-19)10-4-2-1-3-5-10/h1-9H,(H,20,21). The maximum atomic E-state index is 10.9. The molecule has 3 rings (SSSR count). The fourth-order valence-electron chi connectivity index (χ4n) is 1.93. The van der Waals surface area contributed by atoms with Gasteiger partial charge in [0.25, 0.3) is 0 Å². The molecule has 0 spiro atoms.